The first kappa shape index (κ1) is 8.53. The molecule has 1 heterocycles. The lowest BCUT2D eigenvalue weighted by atomic mass is 10.2. The third-order valence-corrected chi connectivity index (χ3v) is 2.71. The molecule has 1 fully saturated rings. The zero-order chi connectivity index (χ0) is 10.3. The molecule has 0 atom stereocenters. The lowest BCUT2D eigenvalue weighted by Crippen LogP contribution is -1.95. The number of benzene rings is 1. The maximum Gasteiger partial charge on any atom is 0.140 e. The molecule has 76 valence electrons. The van der Waals surface area contributed by atoms with Crippen LogP contribution in [0.3, 0.4) is 0 Å². The molecule has 1 aromatic carbocycles. The molecule has 1 aromatic heterocycles. The van der Waals surface area contributed by atoms with Crippen molar-refractivity contribution in [2.24, 2.45) is 0 Å². The summed E-state index contributed by atoms with van der Waals surface area (Å²) in [6.45, 7) is 0. The fourth-order valence-corrected chi connectivity index (χ4v) is 1.83. The van der Waals surface area contributed by atoms with Crippen molar-refractivity contribution in [1.29, 1.82) is 0 Å². The summed E-state index contributed by atoms with van der Waals surface area (Å²) in [5.41, 5.74) is 0.979. The second-order valence-electron chi connectivity index (χ2n) is 3.94. The van der Waals surface area contributed by atoms with Gasteiger partial charge in [0.15, 0.2) is 0 Å². The molecule has 1 aliphatic rings. The van der Waals surface area contributed by atoms with E-state index in [9.17, 15) is 5.11 Å². The van der Waals surface area contributed by atoms with Crippen LogP contribution in [0.15, 0.2) is 36.7 Å². The van der Waals surface area contributed by atoms with Crippen molar-refractivity contribution in [1.82, 2.24) is 9.55 Å². The van der Waals surface area contributed by atoms with E-state index >= 15 is 0 Å². The highest BCUT2D eigenvalue weighted by atomic mass is 16.3. The van der Waals surface area contributed by atoms with E-state index in [1.165, 1.54) is 12.8 Å². The van der Waals surface area contributed by atoms with Crippen molar-refractivity contribution >= 4 is 0 Å². The summed E-state index contributed by atoms with van der Waals surface area (Å²) in [4.78, 5) is 4.34. The van der Waals surface area contributed by atoms with Crippen LogP contribution in [0.5, 0.6) is 5.75 Å². The van der Waals surface area contributed by atoms with Crippen LogP contribution in [-0.4, -0.2) is 14.7 Å². The van der Waals surface area contributed by atoms with Gasteiger partial charge in [0.2, 0.25) is 0 Å². The highest BCUT2D eigenvalue weighted by molar-refractivity contribution is 5.58. The molecule has 0 saturated heterocycles. The number of imidazole rings is 1. The van der Waals surface area contributed by atoms with Gasteiger partial charge in [-0.05, 0) is 25.0 Å². The van der Waals surface area contributed by atoms with Gasteiger partial charge in [-0.3, -0.25) is 0 Å². The molecule has 0 radical (unpaired) electrons. The third-order valence-electron chi connectivity index (χ3n) is 2.71. The maximum absolute atomic E-state index is 9.42. The normalized spacial score (nSPS) is 15.5. The first-order chi connectivity index (χ1) is 7.34. The molecule has 3 rings (SSSR count). The van der Waals surface area contributed by atoms with Crippen molar-refractivity contribution in [3.63, 3.8) is 0 Å². The zero-order valence-corrected chi connectivity index (χ0v) is 8.30. The molecule has 2 aromatic rings. The predicted molar refractivity (Wildman–Crippen MR) is 57.6 cm³/mol. The molecule has 15 heavy (non-hydrogen) atoms. The molecular formula is C12H12N2O. The zero-order valence-electron chi connectivity index (χ0n) is 8.30. The van der Waals surface area contributed by atoms with Gasteiger partial charge in [-0.15, -0.1) is 0 Å². The summed E-state index contributed by atoms with van der Waals surface area (Å²) in [6.07, 6.45) is 6.30. The number of aromatic nitrogens is 2. The van der Waals surface area contributed by atoms with Crippen molar-refractivity contribution in [3.8, 4) is 17.1 Å². The molecular weight excluding hydrogens is 188 g/mol. The number of phenols is 1. The first-order valence-corrected chi connectivity index (χ1v) is 5.17. The Labute approximate surface area is 88.0 Å². The van der Waals surface area contributed by atoms with Crippen LogP contribution in [0.2, 0.25) is 0 Å². The van der Waals surface area contributed by atoms with Crippen LogP contribution >= 0.6 is 0 Å². The van der Waals surface area contributed by atoms with E-state index in [1.807, 2.05) is 24.5 Å². The smallest absolute Gasteiger partial charge is 0.140 e. The van der Waals surface area contributed by atoms with Gasteiger partial charge >= 0.3 is 0 Å². The van der Waals surface area contributed by atoms with Gasteiger partial charge in [0.05, 0.1) is 0 Å². The van der Waals surface area contributed by atoms with Gasteiger partial charge in [0.1, 0.15) is 11.6 Å². The number of hydrogen-bond acceptors (Lipinski definition) is 2. The number of aromatic hydroxyl groups is 1. The van der Waals surface area contributed by atoms with Gasteiger partial charge in [0.25, 0.3) is 0 Å². The van der Waals surface area contributed by atoms with Crippen molar-refractivity contribution in [2.75, 3.05) is 0 Å². The van der Waals surface area contributed by atoms with E-state index in [-0.39, 0.29) is 5.75 Å². The van der Waals surface area contributed by atoms with E-state index in [0.29, 0.717) is 6.04 Å². The number of phenolic OH excluding ortho intramolecular Hbond substituents is 1. The van der Waals surface area contributed by atoms with Crippen molar-refractivity contribution < 1.29 is 5.11 Å². The molecule has 1 N–H and O–H groups in total. The predicted octanol–water partition coefficient (Wildman–Crippen LogP) is 2.59. The minimum atomic E-state index is 0.290. The highest BCUT2D eigenvalue weighted by Gasteiger charge is 2.25. The molecule has 0 bridgehead atoms. The van der Waals surface area contributed by atoms with Gasteiger partial charge in [0, 0.05) is 24.0 Å². The average Bonchev–Trinajstić information content (AvgIpc) is 2.96. The Hall–Kier alpha value is -1.77. The quantitative estimate of drug-likeness (QED) is 0.809. The molecule has 1 saturated carbocycles. The molecule has 0 aliphatic heterocycles. The van der Waals surface area contributed by atoms with Crippen molar-refractivity contribution in [3.05, 3.63) is 36.7 Å². The Bertz CT molecular complexity index is 486. The maximum atomic E-state index is 9.42. The van der Waals surface area contributed by atoms with E-state index < -0.39 is 0 Å². The first-order valence-electron chi connectivity index (χ1n) is 5.17. The fraction of sp³-hybridized carbons (Fsp3) is 0.250. The van der Waals surface area contributed by atoms with E-state index in [0.717, 1.165) is 11.4 Å². The van der Waals surface area contributed by atoms with Crippen LogP contribution in [-0.2, 0) is 0 Å². The lowest BCUT2D eigenvalue weighted by Gasteiger charge is -2.05. The fourth-order valence-electron chi connectivity index (χ4n) is 1.83. The second-order valence-corrected chi connectivity index (χ2v) is 3.94. The van der Waals surface area contributed by atoms with Crippen LogP contribution in [0, 0.1) is 0 Å². The largest absolute Gasteiger partial charge is 0.508 e. The minimum absolute atomic E-state index is 0.290. The summed E-state index contributed by atoms with van der Waals surface area (Å²) >= 11 is 0. The Kier molecular flexibility index (Phi) is 1.78. The molecule has 1 aliphatic carbocycles. The second kappa shape index (κ2) is 3.12. The average molecular weight is 200 g/mol. The summed E-state index contributed by atoms with van der Waals surface area (Å²) in [5, 5.41) is 9.42. The van der Waals surface area contributed by atoms with Gasteiger partial charge in [-0.1, -0.05) is 12.1 Å². The Morgan fingerprint density at radius 3 is 2.93 bits per heavy atom. The summed E-state index contributed by atoms with van der Waals surface area (Å²) in [5.74, 6) is 1.24. The SMILES string of the molecule is Oc1cccc(-c2nccn2C2CC2)c1. The van der Waals surface area contributed by atoms with Crippen LogP contribution in [0.1, 0.15) is 18.9 Å². The Morgan fingerprint density at radius 2 is 2.20 bits per heavy atom. The number of rotatable bonds is 2. The summed E-state index contributed by atoms with van der Waals surface area (Å²) in [7, 11) is 0. The van der Waals surface area contributed by atoms with Crippen LogP contribution in [0.25, 0.3) is 11.4 Å². The Morgan fingerprint density at radius 1 is 1.33 bits per heavy atom. The van der Waals surface area contributed by atoms with E-state index in [1.54, 1.807) is 12.1 Å². The summed E-state index contributed by atoms with van der Waals surface area (Å²) < 4.78 is 2.19. The molecule has 3 heteroatoms. The van der Waals surface area contributed by atoms with Crippen LogP contribution < -0.4 is 0 Å². The van der Waals surface area contributed by atoms with Gasteiger partial charge < -0.3 is 9.67 Å². The van der Waals surface area contributed by atoms with E-state index in [4.69, 9.17) is 0 Å². The molecule has 0 unspecified atom stereocenters. The topological polar surface area (TPSA) is 38.1 Å². The molecule has 3 nitrogen and oxygen atoms in total. The van der Waals surface area contributed by atoms with Gasteiger partial charge in [-0.25, -0.2) is 4.98 Å². The van der Waals surface area contributed by atoms with Gasteiger partial charge in [-0.2, -0.15) is 0 Å². The number of nitrogens with zero attached hydrogens (tertiary/aromatic N) is 2. The third kappa shape index (κ3) is 1.50. The highest BCUT2D eigenvalue weighted by Crippen LogP contribution is 2.38. The van der Waals surface area contributed by atoms with Crippen molar-refractivity contribution in [2.45, 2.75) is 18.9 Å². The lowest BCUT2D eigenvalue weighted by molar-refractivity contribution is 0.475. The number of hydrogen-bond donors (Lipinski definition) is 1. The molecule has 0 spiro atoms. The molecule has 0 amide bonds. The van der Waals surface area contributed by atoms with Crippen LogP contribution in [0.4, 0.5) is 0 Å². The minimum Gasteiger partial charge on any atom is -0.508 e. The summed E-state index contributed by atoms with van der Waals surface area (Å²) in [6, 6.07) is 7.86. The monoisotopic (exact) mass is 200 g/mol. The van der Waals surface area contributed by atoms with E-state index in [2.05, 4.69) is 9.55 Å². The Balaban J connectivity index is 2.07. The standard InChI is InChI=1S/C12H12N2O/c15-11-3-1-2-9(8-11)12-13-6-7-14(12)10-4-5-10/h1-3,6-8,10,15H,4-5H2.